The fraction of sp³-hybridized carbons (Fsp3) is 0.500. The number of nitrogens with one attached hydrogen (secondary N) is 1. The van der Waals surface area contributed by atoms with Gasteiger partial charge in [-0.15, -0.1) is 0 Å². The fourth-order valence-corrected chi connectivity index (χ4v) is 2.11. The van der Waals surface area contributed by atoms with E-state index in [1.807, 2.05) is 0 Å². The van der Waals surface area contributed by atoms with Crippen LogP contribution >= 0.6 is 0 Å². The quantitative estimate of drug-likeness (QED) is 0.789. The molecule has 76 valence electrons. The van der Waals surface area contributed by atoms with Gasteiger partial charge in [0.15, 0.2) is 0 Å². The highest BCUT2D eigenvalue weighted by Crippen LogP contribution is 2.26. The number of rotatable bonds is 3. The Kier molecular flexibility index (Phi) is 3.17. The molecular formula is C12H17NO. The van der Waals surface area contributed by atoms with Gasteiger partial charge < -0.3 is 10.1 Å². The van der Waals surface area contributed by atoms with Crippen LogP contribution in [0.1, 0.15) is 18.0 Å². The van der Waals surface area contributed by atoms with Crippen molar-refractivity contribution >= 4 is 0 Å². The Morgan fingerprint density at radius 3 is 2.86 bits per heavy atom. The summed E-state index contributed by atoms with van der Waals surface area (Å²) in [5.74, 6) is 0.671. The summed E-state index contributed by atoms with van der Waals surface area (Å²) in [6, 6.07) is 11.2. The van der Waals surface area contributed by atoms with Crippen LogP contribution in [0, 0.1) is 5.92 Å². The fourth-order valence-electron chi connectivity index (χ4n) is 2.11. The molecule has 0 aliphatic carbocycles. The second kappa shape index (κ2) is 4.58. The molecule has 0 aromatic heterocycles. The normalized spacial score (nSPS) is 26.6. The standard InChI is InChI=1S/C12H17NO/c1-14-9-10-7-12(13-8-10)11-5-3-2-4-6-11/h2-6,10,12-13H,7-9H2,1H3. The molecule has 2 nitrogen and oxygen atoms in total. The predicted molar refractivity (Wildman–Crippen MR) is 57.2 cm³/mol. The van der Waals surface area contributed by atoms with E-state index in [4.69, 9.17) is 4.74 Å². The highest BCUT2D eigenvalue weighted by atomic mass is 16.5. The molecule has 1 heterocycles. The van der Waals surface area contributed by atoms with Gasteiger partial charge in [0.05, 0.1) is 6.61 Å². The van der Waals surface area contributed by atoms with Gasteiger partial charge in [0.25, 0.3) is 0 Å². The zero-order valence-corrected chi connectivity index (χ0v) is 8.57. The zero-order valence-electron chi connectivity index (χ0n) is 8.57. The van der Waals surface area contributed by atoms with Gasteiger partial charge in [-0.3, -0.25) is 0 Å². The lowest BCUT2D eigenvalue weighted by Crippen LogP contribution is -2.14. The van der Waals surface area contributed by atoms with E-state index in [1.54, 1.807) is 7.11 Å². The molecule has 0 saturated carbocycles. The highest BCUT2D eigenvalue weighted by Gasteiger charge is 2.24. The van der Waals surface area contributed by atoms with E-state index in [0.717, 1.165) is 13.2 Å². The summed E-state index contributed by atoms with van der Waals surface area (Å²) in [5, 5.41) is 3.53. The SMILES string of the molecule is COCC1CNC(c2ccccc2)C1. The lowest BCUT2D eigenvalue weighted by Gasteiger charge is -2.10. The molecule has 1 aromatic rings. The van der Waals surface area contributed by atoms with E-state index in [9.17, 15) is 0 Å². The van der Waals surface area contributed by atoms with Gasteiger partial charge in [0.2, 0.25) is 0 Å². The van der Waals surface area contributed by atoms with E-state index >= 15 is 0 Å². The second-order valence-corrected chi connectivity index (χ2v) is 3.93. The van der Waals surface area contributed by atoms with Crippen molar-refractivity contribution in [3.8, 4) is 0 Å². The molecule has 1 saturated heterocycles. The molecule has 2 rings (SSSR count). The third kappa shape index (κ3) is 2.14. The van der Waals surface area contributed by atoms with E-state index in [2.05, 4.69) is 35.6 Å². The average molecular weight is 191 g/mol. The van der Waals surface area contributed by atoms with Crippen molar-refractivity contribution in [1.82, 2.24) is 5.32 Å². The lowest BCUT2D eigenvalue weighted by atomic mass is 10.0. The third-order valence-corrected chi connectivity index (χ3v) is 2.83. The topological polar surface area (TPSA) is 21.3 Å². The molecule has 1 N–H and O–H groups in total. The Morgan fingerprint density at radius 1 is 1.36 bits per heavy atom. The second-order valence-electron chi connectivity index (χ2n) is 3.93. The lowest BCUT2D eigenvalue weighted by molar-refractivity contribution is 0.159. The Hall–Kier alpha value is -0.860. The van der Waals surface area contributed by atoms with Gasteiger partial charge in [-0.2, -0.15) is 0 Å². The van der Waals surface area contributed by atoms with Crippen molar-refractivity contribution in [2.45, 2.75) is 12.5 Å². The first kappa shape index (κ1) is 9.69. The summed E-state index contributed by atoms with van der Waals surface area (Å²) in [6.45, 7) is 1.95. The maximum atomic E-state index is 5.17. The average Bonchev–Trinajstić information content (AvgIpc) is 2.68. The molecule has 2 heteroatoms. The number of ether oxygens (including phenoxy) is 1. The van der Waals surface area contributed by atoms with Gasteiger partial charge in [0.1, 0.15) is 0 Å². The third-order valence-electron chi connectivity index (χ3n) is 2.83. The Bertz CT molecular complexity index is 273. The number of hydrogen-bond donors (Lipinski definition) is 1. The van der Waals surface area contributed by atoms with Gasteiger partial charge in [-0.25, -0.2) is 0 Å². The van der Waals surface area contributed by atoms with Crippen LogP contribution in [0.4, 0.5) is 0 Å². The van der Waals surface area contributed by atoms with Crippen molar-refractivity contribution in [3.63, 3.8) is 0 Å². The molecule has 0 bridgehead atoms. The van der Waals surface area contributed by atoms with E-state index in [1.165, 1.54) is 12.0 Å². The Labute approximate surface area is 85.3 Å². The van der Waals surface area contributed by atoms with Crippen molar-refractivity contribution in [2.24, 2.45) is 5.92 Å². The van der Waals surface area contributed by atoms with E-state index in [-0.39, 0.29) is 0 Å². The number of benzene rings is 1. The molecule has 0 spiro atoms. The first-order valence-corrected chi connectivity index (χ1v) is 5.17. The van der Waals surface area contributed by atoms with E-state index in [0.29, 0.717) is 12.0 Å². The minimum atomic E-state index is 0.524. The number of hydrogen-bond acceptors (Lipinski definition) is 2. The summed E-state index contributed by atoms with van der Waals surface area (Å²) < 4.78 is 5.17. The van der Waals surface area contributed by atoms with Crippen molar-refractivity contribution in [2.75, 3.05) is 20.3 Å². The van der Waals surface area contributed by atoms with Crippen LogP contribution in [-0.2, 0) is 4.74 Å². The van der Waals surface area contributed by atoms with Crippen LogP contribution < -0.4 is 5.32 Å². The van der Waals surface area contributed by atoms with Crippen molar-refractivity contribution in [1.29, 1.82) is 0 Å². The molecular weight excluding hydrogens is 174 g/mol. The molecule has 0 amide bonds. The van der Waals surface area contributed by atoms with Crippen LogP contribution in [0.15, 0.2) is 30.3 Å². The molecule has 1 aromatic carbocycles. The molecule has 1 fully saturated rings. The Balaban J connectivity index is 1.96. The monoisotopic (exact) mass is 191 g/mol. The van der Waals surface area contributed by atoms with Crippen LogP contribution in [0.2, 0.25) is 0 Å². The summed E-state index contributed by atoms with van der Waals surface area (Å²) in [6.07, 6.45) is 1.19. The van der Waals surface area contributed by atoms with E-state index < -0.39 is 0 Å². The first-order chi connectivity index (χ1) is 6.90. The van der Waals surface area contributed by atoms with Gasteiger partial charge in [-0.05, 0) is 17.9 Å². The summed E-state index contributed by atoms with van der Waals surface area (Å²) in [7, 11) is 1.77. The molecule has 14 heavy (non-hydrogen) atoms. The summed E-state index contributed by atoms with van der Waals surface area (Å²) in [5.41, 5.74) is 1.39. The minimum Gasteiger partial charge on any atom is -0.384 e. The van der Waals surface area contributed by atoms with Crippen molar-refractivity contribution in [3.05, 3.63) is 35.9 Å². The predicted octanol–water partition coefficient (Wildman–Crippen LogP) is 1.98. The summed E-state index contributed by atoms with van der Waals surface area (Å²) >= 11 is 0. The maximum Gasteiger partial charge on any atom is 0.0503 e. The van der Waals surface area contributed by atoms with Gasteiger partial charge >= 0.3 is 0 Å². The van der Waals surface area contributed by atoms with Crippen LogP contribution in [0.3, 0.4) is 0 Å². The molecule has 0 radical (unpaired) electrons. The van der Waals surface area contributed by atoms with Crippen LogP contribution in [0.5, 0.6) is 0 Å². The highest BCUT2D eigenvalue weighted by molar-refractivity contribution is 5.19. The number of methoxy groups -OCH3 is 1. The summed E-state index contributed by atoms with van der Waals surface area (Å²) in [4.78, 5) is 0. The van der Waals surface area contributed by atoms with Gasteiger partial charge in [0, 0.05) is 19.7 Å². The maximum absolute atomic E-state index is 5.17. The molecule has 1 aliphatic rings. The zero-order chi connectivity index (χ0) is 9.80. The molecule has 1 aliphatic heterocycles. The van der Waals surface area contributed by atoms with Crippen molar-refractivity contribution < 1.29 is 4.74 Å². The smallest absolute Gasteiger partial charge is 0.0503 e. The Morgan fingerprint density at radius 2 is 2.14 bits per heavy atom. The van der Waals surface area contributed by atoms with Crippen LogP contribution in [-0.4, -0.2) is 20.3 Å². The molecule has 2 atom stereocenters. The van der Waals surface area contributed by atoms with Crippen LogP contribution in [0.25, 0.3) is 0 Å². The minimum absolute atomic E-state index is 0.524. The largest absolute Gasteiger partial charge is 0.384 e. The first-order valence-electron chi connectivity index (χ1n) is 5.17. The molecule has 2 unspecified atom stereocenters. The van der Waals surface area contributed by atoms with Gasteiger partial charge in [-0.1, -0.05) is 30.3 Å².